The Labute approximate surface area is 297 Å². The minimum atomic E-state index is -5.15. The number of aliphatic hydroxyl groups excluding tert-OH is 1. The topological polar surface area (TPSA) is 393 Å². The van der Waals surface area contributed by atoms with Crippen molar-refractivity contribution in [2.24, 2.45) is 10.8 Å². The molecule has 2 unspecified atom stereocenters. The summed E-state index contributed by atoms with van der Waals surface area (Å²) in [5.41, 5.74) is 25.3. The fourth-order valence-electron chi connectivity index (χ4n) is 5.53. The minimum absolute atomic E-state index is 0.0223. The molecule has 9 atom stereocenters. The van der Waals surface area contributed by atoms with Crippen LogP contribution in [0.1, 0.15) is 38.1 Å². The van der Waals surface area contributed by atoms with Crippen molar-refractivity contribution in [3.05, 3.63) is 45.8 Å². The fourth-order valence-corrected chi connectivity index (χ4v) is 6.83. The number of anilines is 2. The first-order chi connectivity index (χ1) is 25.1. The number of ether oxygens (including phenoxy) is 3. The number of aliphatic hydroxyl groups is 1. The normalized spacial score (nSPS) is 26.2. The summed E-state index contributed by atoms with van der Waals surface area (Å²) in [6.07, 6.45) is -5.82. The summed E-state index contributed by atoms with van der Waals surface area (Å²) in [4.78, 5) is 73.0. The molecule has 5 heterocycles. The number of azide groups is 1. The molecule has 2 aliphatic heterocycles. The summed E-state index contributed by atoms with van der Waals surface area (Å²) in [6, 6.07) is 0.106. The first kappa shape index (κ1) is 40.1. The summed E-state index contributed by atoms with van der Waals surface area (Å²) < 4.78 is 59.2. The quantitative estimate of drug-likeness (QED) is 0.0218. The zero-order valence-corrected chi connectivity index (χ0v) is 29.2. The molecular weight excluding hydrogens is 754 g/mol. The maximum absolute atomic E-state index is 13.3. The second-order valence-corrected chi connectivity index (χ2v) is 14.3. The summed E-state index contributed by atoms with van der Waals surface area (Å²) in [5.74, 6) is -1.03. The van der Waals surface area contributed by atoms with Crippen LogP contribution in [0.5, 0.6) is 0 Å². The molecule has 0 bridgehead atoms. The predicted octanol–water partition coefficient (Wildman–Crippen LogP) is -0.875. The van der Waals surface area contributed by atoms with Crippen LogP contribution in [0.4, 0.5) is 11.6 Å². The highest BCUT2D eigenvalue weighted by molar-refractivity contribution is 7.47. The Bertz CT molecular complexity index is 1970. The lowest BCUT2D eigenvalue weighted by molar-refractivity contribution is -0.158. The molecule has 0 aliphatic carbocycles. The zero-order chi connectivity index (χ0) is 38.5. The lowest BCUT2D eigenvalue weighted by atomic mass is 10.1. The van der Waals surface area contributed by atoms with Gasteiger partial charge in [-0.2, -0.15) is 4.98 Å². The minimum Gasteiger partial charge on any atom is -0.455 e. The molecule has 10 N–H and O–H groups in total. The van der Waals surface area contributed by atoms with Crippen molar-refractivity contribution in [3.63, 3.8) is 0 Å². The number of nitrogens with zero attached hydrogens (tertiary/aromatic N) is 9. The van der Waals surface area contributed by atoms with Crippen LogP contribution in [0.2, 0.25) is 0 Å². The van der Waals surface area contributed by atoms with Gasteiger partial charge in [0.05, 0.1) is 19.5 Å². The number of nitrogen functional groups attached to an aromatic ring is 2. The van der Waals surface area contributed by atoms with E-state index >= 15 is 0 Å². The number of phosphoric acid groups is 2. The number of aromatic nitrogens is 6. The van der Waals surface area contributed by atoms with Gasteiger partial charge in [-0.25, -0.2) is 28.9 Å². The van der Waals surface area contributed by atoms with Gasteiger partial charge in [-0.3, -0.25) is 27.5 Å². The van der Waals surface area contributed by atoms with Crippen molar-refractivity contribution in [2.75, 3.05) is 31.2 Å². The highest BCUT2D eigenvalue weighted by Crippen LogP contribution is 2.50. The van der Waals surface area contributed by atoms with E-state index in [4.69, 9.17) is 46.0 Å². The predicted molar refractivity (Wildman–Crippen MR) is 175 cm³/mol. The van der Waals surface area contributed by atoms with Gasteiger partial charge in [0, 0.05) is 24.1 Å². The van der Waals surface area contributed by atoms with E-state index in [0.29, 0.717) is 12.8 Å². The number of imidazole rings is 1. The third kappa shape index (κ3) is 10.1. The summed E-state index contributed by atoms with van der Waals surface area (Å²) >= 11 is 0. The molecule has 28 heteroatoms. The highest BCUT2D eigenvalue weighted by Gasteiger charge is 2.50. The molecule has 0 radical (unpaired) electrons. The van der Waals surface area contributed by atoms with Crippen LogP contribution in [-0.4, -0.2) is 111 Å². The Morgan fingerprint density at radius 3 is 2.58 bits per heavy atom. The van der Waals surface area contributed by atoms with Crippen LogP contribution in [0.15, 0.2) is 34.8 Å². The van der Waals surface area contributed by atoms with E-state index in [9.17, 15) is 38.5 Å². The number of nitrogens with two attached hydrogens (primary N) is 3. The number of carbonyl (C=O) groups excluding carboxylic acids is 1. The molecule has 290 valence electrons. The van der Waals surface area contributed by atoms with Crippen LogP contribution < -0.4 is 22.9 Å². The number of phosphoric ester groups is 2. The Morgan fingerprint density at radius 2 is 1.87 bits per heavy atom. The number of fused-ring (bicyclic) bond motifs is 1. The summed E-state index contributed by atoms with van der Waals surface area (Å²) in [7, 11) is -10.2. The van der Waals surface area contributed by atoms with Crippen LogP contribution in [0.25, 0.3) is 21.6 Å². The fraction of sp³-hybridized carbons (Fsp3) is 0.600. The van der Waals surface area contributed by atoms with E-state index in [-0.39, 0.29) is 42.2 Å². The Morgan fingerprint density at radius 1 is 1.11 bits per heavy atom. The van der Waals surface area contributed by atoms with E-state index in [1.165, 1.54) is 23.2 Å². The highest BCUT2D eigenvalue weighted by atomic mass is 31.2. The van der Waals surface area contributed by atoms with Gasteiger partial charge in [0.15, 0.2) is 23.8 Å². The van der Waals surface area contributed by atoms with E-state index in [1.807, 2.05) is 0 Å². The van der Waals surface area contributed by atoms with Crippen LogP contribution >= 0.6 is 15.6 Å². The third-order valence-electron chi connectivity index (χ3n) is 8.03. The van der Waals surface area contributed by atoms with Crippen molar-refractivity contribution in [3.8, 4) is 0 Å². The average molecular weight is 791 g/mol. The molecule has 3 aromatic heterocycles. The molecule has 2 fully saturated rings. The van der Waals surface area contributed by atoms with Crippen molar-refractivity contribution in [2.45, 2.75) is 74.7 Å². The number of carbonyl (C=O) groups is 1. The first-order valence-corrected chi connectivity index (χ1v) is 18.7. The molecule has 26 nitrogen and oxygen atoms in total. The van der Waals surface area contributed by atoms with E-state index < -0.39 is 89.5 Å². The standard InChI is InChI=1S/C25H36N12O14P2/c26-12(3-1-2-5-33-35-29)24(39)50-20-15(49-23(19(20)38)37-11-32-18-21(28)30-10-31-22(18)37)9-47-53(44,45)51-13-7-17(36-6-4-16(27)34-25(36)40)48-14(13)8-46-52(41,42)43/h4,6,10-15,17,19-20,23,38H,1-3,5,7-9,26H2,(H,44,45)(H2,27,34,40)(H2,28,30,31)(H2,41,42,43)/t12?,13-,14+,15+,17+,19+,20+,23+/m0/s1. The summed E-state index contributed by atoms with van der Waals surface area (Å²) in [5, 5.41) is 14.8. The van der Waals surface area contributed by atoms with Gasteiger partial charge in [0.2, 0.25) is 0 Å². The molecule has 0 amide bonds. The van der Waals surface area contributed by atoms with Crippen LogP contribution in [0, 0.1) is 0 Å². The maximum Gasteiger partial charge on any atom is 0.472 e. The second-order valence-electron chi connectivity index (χ2n) is 11.7. The van der Waals surface area contributed by atoms with Crippen LogP contribution in [-0.2, 0) is 41.7 Å². The van der Waals surface area contributed by atoms with Gasteiger partial charge < -0.3 is 51.2 Å². The Balaban J connectivity index is 1.32. The van der Waals surface area contributed by atoms with Crippen molar-refractivity contribution < 1.29 is 61.5 Å². The maximum atomic E-state index is 13.3. The molecule has 0 saturated carbocycles. The van der Waals surface area contributed by atoms with E-state index in [1.54, 1.807) is 0 Å². The number of hydrogen-bond acceptors (Lipinski definition) is 19. The SMILES string of the molecule is [N-]=[N+]=NCCCCC(N)C(=O)O[C@H]1[C@@H](O)[C@H](n2cnc3c(N)ncnc32)O[C@@H]1COP(=O)(O)O[C@H]1C[C@H](n2ccc(N)nc2=O)O[C@@H]1COP(=O)(O)O. The van der Waals surface area contributed by atoms with E-state index in [2.05, 4.69) is 34.5 Å². The third-order valence-corrected chi connectivity index (χ3v) is 9.53. The van der Waals surface area contributed by atoms with Gasteiger partial charge in [-0.15, -0.1) is 0 Å². The number of rotatable bonds is 17. The van der Waals surface area contributed by atoms with Gasteiger partial charge in [0.25, 0.3) is 0 Å². The smallest absolute Gasteiger partial charge is 0.455 e. The Hall–Kier alpha value is -4.13. The lowest BCUT2D eigenvalue weighted by Gasteiger charge is -2.24. The monoisotopic (exact) mass is 790 g/mol. The molecule has 0 spiro atoms. The van der Waals surface area contributed by atoms with Crippen molar-refractivity contribution in [1.29, 1.82) is 0 Å². The second kappa shape index (κ2) is 16.9. The van der Waals surface area contributed by atoms with Gasteiger partial charge in [0.1, 0.15) is 54.3 Å². The number of esters is 1. The van der Waals surface area contributed by atoms with E-state index in [0.717, 1.165) is 10.9 Å². The molecule has 5 rings (SSSR count). The number of hydrogen-bond donors (Lipinski definition) is 7. The lowest BCUT2D eigenvalue weighted by Crippen LogP contribution is -2.43. The average Bonchev–Trinajstić information content (AvgIpc) is 3.78. The zero-order valence-electron chi connectivity index (χ0n) is 27.4. The van der Waals surface area contributed by atoms with Gasteiger partial charge >= 0.3 is 27.3 Å². The number of unbranched alkanes of at least 4 members (excludes halogenated alkanes) is 1. The molecule has 2 saturated heterocycles. The molecule has 0 aromatic carbocycles. The van der Waals surface area contributed by atoms with Crippen molar-refractivity contribution >= 4 is 44.4 Å². The van der Waals surface area contributed by atoms with Crippen molar-refractivity contribution in [1.82, 2.24) is 29.1 Å². The molecule has 3 aromatic rings. The largest absolute Gasteiger partial charge is 0.472 e. The van der Waals surface area contributed by atoms with Gasteiger partial charge in [-0.05, 0) is 24.4 Å². The van der Waals surface area contributed by atoms with Gasteiger partial charge in [-0.1, -0.05) is 11.5 Å². The Kier molecular flexibility index (Phi) is 12.8. The molecule has 53 heavy (non-hydrogen) atoms. The molecule has 2 aliphatic rings. The molecular formula is C25H36N12O14P2. The summed E-state index contributed by atoms with van der Waals surface area (Å²) in [6.45, 7) is -1.49. The van der Waals surface area contributed by atoms with Crippen LogP contribution in [0.3, 0.4) is 0 Å². The first-order valence-electron chi connectivity index (χ1n) is 15.7.